The SMILES string of the molecule is CCOc1cccc(-c2ccc(/C=C/C(=O)C(=O)O)cc2)c1. The van der Waals surface area contributed by atoms with Gasteiger partial charge in [0.15, 0.2) is 0 Å². The highest BCUT2D eigenvalue weighted by Gasteiger charge is 2.05. The van der Waals surface area contributed by atoms with Gasteiger partial charge in [-0.3, -0.25) is 4.79 Å². The van der Waals surface area contributed by atoms with Crippen molar-refractivity contribution in [3.05, 3.63) is 60.2 Å². The van der Waals surface area contributed by atoms with E-state index in [0.29, 0.717) is 6.61 Å². The van der Waals surface area contributed by atoms with Crippen LogP contribution >= 0.6 is 0 Å². The molecule has 0 aliphatic carbocycles. The number of carbonyl (C=O) groups excluding carboxylic acids is 1. The van der Waals surface area contributed by atoms with Crippen molar-refractivity contribution >= 4 is 17.8 Å². The van der Waals surface area contributed by atoms with Crippen LogP contribution in [0.4, 0.5) is 0 Å². The van der Waals surface area contributed by atoms with Gasteiger partial charge in [0, 0.05) is 0 Å². The normalized spacial score (nSPS) is 10.6. The third-order valence-electron chi connectivity index (χ3n) is 3.03. The first-order valence-corrected chi connectivity index (χ1v) is 6.89. The zero-order valence-electron chi connectivity index (χ0n) is 12.2. The summed E-state index contributed by atoms with van der Waals surface area (Å²) in [6.07, 6.45) is 2.53. The Morgan fingerprint density at radius 3 is 2.45 bits per heavy atom. The highest BCUT2D eigenvalue weighted by atomic mass is 16.5. The van der Waals surface area contributed by atoms with Crippen LogP contribution < -0.4 is 4.74 Å². The lowest BCUT2D eigenvalue weighted by atomic mass is 10.0. The summed E-state index contributed by atoms with van der Waals surface area (Å²) in [5.74, 6) is -1.58. The summed E-state index contributed by atoms with van der Waals surface area (Å²) in [4.78, 5) is 21.4. The molecule has 112 valence electrons. The molecule has 22 heavy (non-hydrogen) atoms. The van der Waals surface area contributed by atoms with Crippen LogP contribution in [-0.4, -0.2) is 23.5 Å². The van der Waals surface area contributed by atoms with Crippen molar-refractivity contribution in [1.82, 2.24) is 0 Å². The molecule has 0 radical (unpaired) electrons. The lowest BCUT2D eigenvalue weighted by molar-refractivity contribution is -0.146. The van der Waals surface area contributed by atoms with Gasteiger partial charge in [0.05, 0.1) is 6.61 Å². The molecule has 4 heteroatoms. The average Bonchev–Trinajstić information content (AvgIpc) is 2.53. The van der Waals surface area contributed by atoms with Crippen molar-refractivity contribution in [3.8, 4) is 16.9 Å². The first kappa shape index (κ1) is 15.5. The topological polar surface area (TPSA) is 63.6 Å². The molecule has 0 saturated carbocycles. The lowest BCUT2D eigenvalue weighted by Crippen LogP contribution is -2.08. The molecular weight excluding hydrogens is 280 g/mol. The van der Waals surface area contributed by atoms with Crippen molar-refractivity contribution in [2.45, 2.75) is 6.92 Å². The molecule has 0 spiro atoms. The van der Waals surface area contributed by atoms with Crippen molar-refractivity contribution in [1.29, 1.82) is 0 Å². The third kappa shape index (κ3) is 4.06. The summed E-state index contributed by atoms with van der Waals surface area (Å²) < 4.78 is 5.47. The van der Waals surface area contributed by atoms with E-state index in [1.54, 1.807) is 0 Å². The van der Waals surface area contributed by atoms with Gasteiger partial charge in [0.1, 0.15) is 5.75 Å². The number of rotatable bonds is 6. The summed E-state index contributed by atoms with van der Waals surface area (Å²) in [6, 6.07) is 15.3. The van der Waals surface area contributed by atoms with E-state index in [4.69, 9.17) is 9.84 Å². The molecule has 0 amide bonds. The van der Waals surface area contributed by atoms with Crippen LogP contribution in [0.2, 0.25) is 0 Å². The summed E-state index contributed by atoms with van der Waals surface area (Å²) in [7, 11) is 0. The molecule has 0 heterocycles. The van der Waals surface area contributed by atoms with Crippen molar-refractivity contribution in [3.63, 3.8) is 0 Å². The molecule has 0 unspecified atom stereocenters. The molecule has 2 aromatic rings. The number of hydrogen-bond acceptors (Lipinski definition) is 3. The summed E-state index contributed by atoms with van der Waals surface area (Å²) in [5.41, 5.74) is 2.81. The van der Waals surface area contributed by atoms with Crippen LogP contribution in [0.25, 0.3) is 17.2 Å². The maximum atomic E-state index is 11.0. The minimum atomic E-state index is -1.46. The Morgan fingerprint density at radius 1 is 1.09 bits per heavy atom. The monoisotopic (exact) mass is 296 g/mol. The Labute approximate surface area is 128 Å². The van der Waals surface area contributed by atoms with Gasteiger partial charge in [0.2, 0.25) is 0 Å². The van der Waals surface area contributed by atoms with Crippen LogP contribution in [0, 0.1) is 0 Å². The molecule has 0 fully saturated rings. The molecule has 0 aliphatic heterocycles. The number of carbonyl (C=O) groups is 2. The van der Waals surface area contributed by atoms with Gasteiger partial charge in [0.25, 0.3) is 5.78 Å². The molecule has 4 nitrogen and oxygen atoms in total. The molecule has 2 aromatic carbocycles. The molecule has 0 aliphatic rings. The molecule has 2 rings (SSSR count). The minimum absolute atomic E-state index is 0.616. The number of ether oxygens (including phenoxy) is 1. The van der Waals surface area contributed by atoms with E-state index in [9.17, 15) is 9.59 Å². The van der Waals surface area contributed by atoms with E-state index >= 15 is 0 Å². The van der Waals surface area contributed by atoms with Gasteiger partial charge in [-0.25, -0.2) is 4.79 Å². The van der Waals surface area contributed by atoms with Gasteiger partial charge in [-0.2, -0.15) is 0 Å². The summed E-state index contributed by atoms with van der Waals surface area (Å²) >= 11 is 0. The first-order chi connectivity index (χ1) is 10.6. The Morgan fingerprint density at radius 2 is 1.82 bits per heavy atom. The van der Waals surface area contributed by atoms with E-state index in [-0.39, 0.29) is 0 Å². The molecule has 0 saturated heterocycles. The largest absolute Gasteiger partial charge is 0.494 e. The van der Waals surface area contributed by atoms with Gasteiger partial charge in [-0.05, 0) is 41.8 Å². The Balaban J connectivity index is 2.16. The van der Waals surface area contributed by atoms with Gasteiger partial charge in [-0.15, -0.1) is 0 Å². The summed E-state index contributed by atoms with van der Waals surface area (Å²) in [5, 5.41) is 8.51. The second-order valence-corrected chi connectivity index (χ2v) is 4.59. The number of aliphatic carboxylic acids is 1. The fourth-order valence-corrected chi connectivity index (χ4v) is 1.96. The Hall–Kier alpha value is -2.88. The standard InChI is InChI=1S/C18H16O4/c1-2-22-16-5-3-4-15(12-16)14-9-6-13(7-10-14)8-11-17(19)18(20)21/h3-12H,2H2,1H3,(H,20,21)/b11-8+. The predicted octanol–water partition coefficient (Wildman–Crippen LogP) is 3.42. The van der Waals surface area contributed by atoms with Crippen molar-refractivity contribution in [2.24, 2.45) is 0 Å². The van der Waals surface area contributed by atoms with Crippen molar-refractivity contribution in [2.75, 3.05) is 6.61 Å². The van der Waals surface area contributed by atoms with Crippen molar-refractivity contribution < 1.29 is 19.4 Å². The number of hydrogen-bond donors (Lipinski definition) is 1. The van der Waals surface area contributed by atoms with E-state index in [1.165, 1.54) is 6.08 Å². The maximum absolute atomic E-state index is 11.0. The molecular formula is C18H16O4. The van der Waals surface area contributed by atoms with Crippen LogP contribution in [-0.2, 0) is 9.59 Å². The number of carboxylic acid groups (broad SMARTS) is 1. The summed E-state index contributed by atoms with van der Waals surface area (Å²) in [6.45, 7) is 2.55. The highest BCUT2D eigenvalue weighted by molar-refractivity contribution is 6.38. The van der Waals surface area contributed by atoms with Crippen LogP contribution in [0.1, 0.15) is 12.5 Å². The van der Waals surface area contributed by atoms with E-state index in [0.717, 1.165) is 28.5 Å². The number of carboxylic acids is 1. The van der Waals surface area contributed by atoms with Crippen LogP contribution in [0.15, 0.2) is 54.6 Å². The van der Waals surface area contributed by atoms with Gasteiger partial charge >= 0.3 is 5.97 Å². The minimum Gasteiger partial charge on any atom is -0.494 e. The second kappa shape index (κ2) is 7.22. The Bertz CT molecular complexity index is 699. The number of benzene rings is 2. The fraction of sp³-hybridized carbons (Fsp3) is 0.111. The molecule has 0 aromatic heterocycles. The predicted molar refractivity (Wildman–Crippen MR) is 84.7 cm³/mol. The Kier molecular flexibility index (Phi) is 5.09. The lowest BCUT2D eigenvalue weighted by Gasteiger charge is -2.06. The second-order valence-electron chi connectivity index (χ2n) is 4.59. The zero-order chi connectivity index (χ0) is 15.9. The smallest absolute Gasteiger partial charge is 0.376 e. The molecule has 1 N–H and O–H groups in total. The van der Waals surface area contributed by atoms with E-state index < -0.39 is 11.8 Å². The van der Waals surface area contributed by atoms with E-state index in [2.05, 4.69) is 0 Å². The molecule has 0 atom stereocenters. The van der Waals surface area contributed by atoms with Crippen LogP contribution in [0.3, 0.4) is 0 Å². The van der Waals surface area contributed by atoms with Crippen LogP contribution in [0.5, 0.6) is 5.75 Å². The number of ketones is 1. The highest BCUT2D eigenvalue weighted by Crippen LogP contribution is 2.24. The quantitative estimate of drug-likeness (QED) is 0.655. The van der Waals surface area contributed by atoms with Gasteiger partial charge < -0.3 is 9.84 Å². The third-order valence-corrected chi connectivity index (χ3v) is 3.03. The fourth-order valence-electron chi connectivity index (χ4n) is 1.96. The van der Waals surface area contributed by atoms with Gasteiger partial charge in [-0.1, -0.05) is 42.5 Å². The maximum Gasteiger partial charge on any atom is 0.376 e. The first-order valence-electron chi connectivity index (χ1n) is 6.89. The molecule has 0 bridgehead atoms. The average molecular weight is 296 g/mol. The van der Waals surface area contributed by atoms with E-state index in [1.807, 2.05) is 55.5 Å². The zero-order valence-corrected chi connectivity index (χ0v) is 12.2.